The number of halogens is 2. The molecule has 9 heteroatoms. The number of thiophene rings is 1. The molecule has 5 aromatic rings. The van der Waals surface area contributed by atoms with Crippen LogP contribution in [0.5, 0.6) is 17.2 Å². The Morgan fingerprint density at radius 3 is 2.55 bits per heavy atom. The Hall–Kier alpha value is -4.48. The number of rotatable bonds is 6. The maximum Gasteiger partial charge on any atom is 0.355 e. The Balaban J connectivity index is 1.25. The van der Waals surface area contributed by atoms with Gasteiger partial charge < -0.3 is 19.9 Å². The van der Waals surface area contributed by atoms with Gasteiger partial charge in [-0.15, -0.1) is 11.3 Å². The highest BCUT2D eigenvalue weighted by Gasteiger charge is 2.31. The van der Waals surface area contributed by atoms with Crippen LogP contribution in [0, 0.1) is 18.3 Å². The lowest BCUT2D eigenvalue weighted by atomic mass is 9.83. The molecule has 4 aromatic carbocycles. The molecule has 0 aliphatic carbocycles. The third-order valence-electron chi connectivity index (χ3n) is 6.94. The van der Waals surface area contributed by atoms with E-state index in [1.165, 1.54) is 11.3 Å². The van der Waals surface area contributed by atoms with Crippen LogP contribution in [-0.2, 0) is 6.61 Å². The topological polar surface area (TPSA) is 94.6 Å². The summed E-state index contributed by atoms with van der Waals surface area (Å²) in [5.41, 5.74) is 9.94. The average molecular weight is 614 g/mol. The second-order valence-electron chi connectivity index (χ2n) is 9.71. The van der Waals surface area contributed by atoms with Crippen molar-refractivity contribution in [2.24, 2.45) is 5.73 Å². The van der Waals surface area contributed by atoms with Gasteiger partial charge in [0.15, 0.2) is 0 Å². The number of allylic oxidation sites excluding steroid dienone is 1. The Bertz CT molecular complexity index is 1930. The van der Waals surface area contributed by atoms with Gasteiger partial charge >= 0.3 is 5.97 Å². The second-order valence-corrected chi connectivity index (χ2v) is 11.5. The molecule has 0 saturated carbocycles. The summed E-state index contributed by atoms with van der Waals surface area (Å²) in [7, 11) is 0. The van der Waals surface area contributed by atoms with Crippen LogP contribution in [0.4, 0.5) is 0 Å². The van der Waals surface area contributed by atoms with Crippen LogP contribution in [0.1, 0.15) is 37.8 Å². The third-order valence-corrected chi connectivity index (χ3v) is 8.94. The first-order chi connectivity index (χ1) is 20.3. The lowest BCUT2D eigenvalue weighted by Crippen LogP contribution is -2.21. The van der Waals surface area contributed by atoms with Crippen molar-refractivity contribution in [1.29, 1.82) is 5.26 Å². The summed E-state index contributed by atoms with van der Waals surface area (Å²) >= 11 is 14.0. The number of carbonyl (C=O) groups excluding carboxylic acids is 1. The molecule has 2 heterocycles. The highest BCUT2D eigenvalue weighted by Crippen LogP contribution is 2.44. The fourth-order valence-electron chi connectivity index (χ4n) is 4.83. The van der Waals surface area contributed by atoms with Gasteiger partial charge in [-0.25, -0.2) is 4.79 Å². The lowest BCUT2D eigenvalue weighted by Gasteiger charge is -2.26. The molecule has 1 aliphatic heterocycles. The van der Waals surface area contributed by atoms with Gasteiger partial charge in [0.1, 0.15) is 40.4 Å². The zero-order chi connectivity index (χ0) is 29.4. The van der Waals surface area contributed by atoms with Gasteiger partial charge in [-0.05, 0) is 48.4 Å². The Labute approximate surface area is 256 Å². The Morgan fingerprint density at radius 1 is 1.02 bits per heavy atom. The van der Waals surface area contributed by atoms with Gasteiger partial charge in [-0.2, -0.15) is 5.26 Å². The molecule has 0 bridgehead atoms. The number of hydrogen-bond acceptors (Lipinski definition) is 7. The van der Waals surface area contributed by atoms with E-state index in [1.807, 2.05) is 73.7 Å². The molecule has 1 atom stereocenters. The first-order valence-electron chi connectivity index (χ1n) is 12.9. The monoisotopic (exact) mass is 612 g/mol. The number of ether oxygens (including phenoxy) is 3. The van der Waals surface area contributed by atoms with E-state index >= 15 is 0 Å². The van der Waals surface area contributed by atoms with Gasteiger partial charge in [0.2, 0.25) is 5.88 Å². The largest absolute Gasteiger partial charge is 0.489 e. The Morgan fingerprint density at radius 2 is 1.79 bits per heavy atom. The molecule has 0 saturated heterocycles. The van der Waals surface area contributed by atoms with Crippen molar-refractivity contribution in [3.63, 3.8) is 0 Å². The minimum atomic E-state index is -0.570. The molecule has 0 amide bonds. The first-order valence-corrected chi connectivity index (χ1v) is 14.5. The molecule has 0 spiro atoms. The van der Waals surface area contributed by atoms with Crippen LogP contribution in [0.2, 0.25) is 10.0 Å². The van der Waals surface area contributed by atoms with Crippen LogP contribution in [-0.4, -0.2) is 5.97 Å². The number of nitrogens with two attached hydrogens (primary N) is 1. The zero-order valence-corrected chi connectivity index (χ0v) is 24.5. The summed E-state index contributed by atoms with van der Waals surface area (Å²) in [6, 6.07) is 28.0. The van der Waals surface area contributed by atoms with Gasteiger partial charge in [0, 0.05) is 32.3 Å². The Kier molecular flexibility index (Phi) is 7.53. The van der Waals surface area contributed by atoms with E-state index in [0.717, 1.165) is 26.8 Å². The summed E-state index contributed by atoms with van der Waals surface area (Å²) in [5, 5.41) is 11.7. The molecular weight excluding hydrogens is 591 g/mol. The van der Waals surface area contributed by atoms with Crippen molar-refractivity contribution < 1.29 is 19.0 Å². The number of hydrogen-bond donors (Lipinski definition) is 1. The minimum absolute atomic E-state index is 0.0135. The SMILES string of the molecule is Cc1ccc2c(Cl)c(C(=O)Oc3ccc4c(c3)OC(N)=C(C#N)C4c3ccc(OCc4ccccc4Cl)cc3)sc2c1. The highest BCUT2D eigenvalue weighted by molar-refractivity contribution is 7.21. The number of aryl methyl sites for hydroxylation is 1. The van der Waals surface area contributed by atoms with Crippen LogP contribution in [0.25, 0.3) is 10.1 Å². The predicted molar refractivity (Wildman–Crippen MR) is 164 cm³/mol. The summed E-state index contributed by atoms with van der Waals surface area (Å²) in [6.07, 6.45) is 0. The standard InChI is InChI=1S/C33H22Cl2N2O4S/c1-18-6-12-24-28(14-18)42-31(30(24)35)33(38)40-22-11-13-23-27(15-22)41-32(37)25(16-36)29(23)19-7-9-21(10-8-19)39-17-20-4-2-3-5-26(20)34/h2-15,29H,17,37H2,1H3. The molecule has 208 valence electrons. The molecule has 0 radical (unpaired) electrons. The molecule has 1 aromatic heterocycles. The lowest BCUT2D eigenvalue weighted by molar-refractivity contribution is 0.0740. The normalized spacial score (nSPS) is 14.2. The van der Waals surface area contributed by atoms with Crippen molar-refractivity contribution in [3.05, 3.63) is 134 Å². The minimum Gasteiger partial charge on any atom is -0.489 e. The van der Waals surface area contributed by atoms with E-state index in [4.69, 9.17) is 43.1 Å². The van der Waals surface area contributed by atoms with E-state index in [-0.39, 0.29) is 17.2 Å². The number of fused-ring (bicyclic) bond motifs is 2. The molecule has 1 aliphatic rings. The summed E-state index contributed by atoms with van der Waals surface area (Å²) in [4.78, 5) is 13.4. The first kappa shape index (κ1) is 27.7. The summed E-state index contributed by atoms with van der Waals surface area (Å²) in [6.45, 7) is 2.30. The maximum absolute atomic E-state index is 13.1. The van der Waals surface area contributed by atoms with Crippen LogP contribution < -0.4 is 19.9 Å². The third kappa shape index (κ3) is 5.28. The molecule has 6 nitrogen and oxygen atoms in total. The van der Waals surface area contributed by atoms with E-state index in [0.29, 0.717) is 38.6 Å². The van der Waals surface area contributed by atoms with Crippen LogP contribution in [0.3, 0.4) is 0 Å². The number of carbonyl (C=O) groups is 1. The predicted octanol–water partition coefficient (Wildman–Crippen LogP) is 8.53. The van der Waals surface area contributed by atoms with Crippen molar-refractivity contribution >= 4 is 50.6 Å². The fraction of sp³-hybridized carbons (Fsp3) is 0.0909. The van der Waals surface area contributed by atoms with Crippen molar-refractivity contribution in [2.45, 2.75) is 19.4 Å². The summed E-state index contributed by atoms with van der Waals surface area (Å²) < 4.78 is 18.3. The van der Waals surface area contributed by atoms with Crippen LogP contribution in [0.15, 0.2) is 96.4 Å². The molecule has 42 heavy (non-hydrogen) atoms. The van der Waals surface area contributed by atoms with Crippen LogP contribution >= 0.6 is 34.5 Å². The zero-order valence-electron chi connectivity index (χ0n) is 22.2. The number of nitrogens with zero attached hydrogens (tertiary/aromatic N) is 1. The molecule has 2 N–H and O–H groups in total. The van der Waals surface area contributed by atoms with Crippen molar-refractivity contribution in [3.8, 4) is 23.3 Å². The molecule has 0 fully saturated rings. The van der Waals surface area contributed by atoms with Crippen molar-refractivity contribution in [1.82, 2.24) is 0 Å². The number of nitriles is 1. The highest BCUT2D eigenvalue weighted by atomic mass is 35.5. The van der Waals surface area contributed by atoms with Gasteiger partial charge in [-0.1, -0.05) is 71.7 Å². The van der Waals surface area contributed by atoms with E-state index in [1.54, 1.807) is 18.2 Å². The number of benzene rings is 4. The van der Waals surface area contributed by atoms with Crippen molar-refractivity contribution in [2.75, 3.05) is 0 Å². The maximum atomic E-state index is 13.1. The van der Waals surface area contributed by atoms with E-state index < -0.39 is 11.9 Å². The fourth-order valence-corrected chi connectivity index (χ4v) is 6.51. The summed E-state index contributed by atoms with van der Waals surface area (Å²) in [5.74, 6) is 0.234. The quantitative estimate of drug-likeness (QED) is 0.152. The average Bonchev–Trinajstić information content (AvgIpc) is 3.31. The van der Waals surface area contributed by atoms with Gasteiger partial charge in [0.05, 0.1) is 10.9 Å². The molecule has 6 rings (SSSR count). The van der Waals surface area contributed by atoms with E-state index in [2.05, 4.69) is 6.07 Å². The smallest absolute Gasteiger partial charge is 0.355 e. The van der Waals surface area contributed by atoms with Gasteiger partial charge in [-0.3, -0.25) is 0 Å². The van der Waals surface area contributed by atoms with E-state index in [9.17, 15) is 10.1 Å². The second kappa shape index (κ2) is 11.4. The van der Waals surface area contributed by atoms with Gasteiger partial charge in [0.25, 0.3) is 0 Å². The molecular formula is C33H22Cl2N2O4S. The molecule has 1 unspecified atom stereocenters. The number of esters is 1.